The van der Waals surface area contributed by atoms with Crippen molar-refractivity contribution < 1.29 is 0 Å². The van der Waals surface area contributed by atoms with Gasteiger partial charge in [0.2, 0.25) is 0 Å². The van der Waals surface area contributed by atoms with E-state index in [-0.39, 0.29) is 0 Å². The third-order valence-electron chi connectivity index (χ3n) is 0.496. The third kappa shape index (κ3) is 4.08. The van der Waals surface area contributed by atoms with E-state index >= 15 is 0 Å². The van der Waals surface area contributed by atoms with Crippen LogP contribution in [0.1, 0.15) is 6.92 Å². The second kappa shape index (κ2) is 5.08. The van der Waals surface area contributed by atoms with Crippen LogP contribution in [-0.4, -0.2) is 17.7 Å². The molecule has 0 atom stereocenters. The van der Waals surface area contributed by atoms with Crippen molar-refractivity contribution in [2.75, 3.05) is 0 Å². The molecule has 0 aromatic rings. The van der Waals surface area contributed by atoms with Crippen LogP contribution in [0.4, 0.5) is 0 Å². The molecule has 0 aromatic carbocycles. The van der Waals surface area contributed by atoms with E-state index in [1.165, 1.54) is 0 Å². The Hall–Kier alpha value is 0.0774. The van der Waals surface area contributed by atoms with Gasteiger partial charge in [-0.05, 0) is 0 Å². The minimum atomic E-state index is 2.00. The molecule has 0 aliphatic heterocycles. The maximum atomic E-state index is 2.00. The molecule has 0 spiro atoms. The molecule has 0 N–H and O–H groups in total. The van der Waals surface area contributed by atoms with E-state index in [9.17, 15) is 0 Å². The van der Waals surface area contributed by atoms with Crippen molar-refractivity contribution in [3.05, 3.63) is 23.0 Å². The van der Waals surface area contributed by atoms with E-state index in [0.29, 0.717) is 0 Å². The van der Waals surface area contributed by atoms with Gasteiger partial charge in [0, 0.05) is 0 Å². The first kappa shape index (κ1) is 6.08. The summed E-state index contributed by atoms with van der Waals surface area (Å²) in [5, 5.41) is 0. The Morgan fingerprint density at radius 3 is 2.17 bits per heavy atom. The molecule has 0 fully saturated rings. The zero-order valence-electron chi connectivity index (χ0n) is 4.31. The number of hydrogen-bond acceptors (Lipinski definition) is 0. The molecule has 0 aliphatic rings. The first-order valence-corrected chi connectivity index (χ1v) is 2.15. The van der Waals surface area contributed by atoms with Crippen molar-refractivity contribution in [1.29, 1.82) is 0 Å². The van der Waals surface area contributed by atoms with Crippen LogP contribution in [0.25, 0.3) is 0 Å². The van der Waals surface area contributed by atoms with E-state index in [1.807, 2.05) is 47.6 Å². The van der Waals surface area contributed by atoms with Crippen molar-refractivity contribution in [2.45, 2.75) is 6.92 Å². The molecule has 1 heteroatoms. The molecule has 0 radical (unpaired) electrons. The Bertz CT molecular complexity index is 52.3. The molecule has 0 saturated carbocycles. The Balaban J connectivity index is 3.07. The first-order chi connectivity index (χ1) is 2.91. The van der Waals surface area contributed by atoms with Gasteiger partial charge in [-0.2, -0.15) is 0 Å². The molecular formula is C5H7Li. The quantitative estimate of drug-likeness (QED) is 0.324. The maximum absolute atomic E-state index is 2.00. The summed E-state index contributed by atoms with van der Waals surface area (Å²) < 4.78 is 2.00. The van der Waals surface area contributed by atoms with Gasteiger partial charge < -0.3 is 0 Å². The molecule has 28 valence electrons. The van der Waals surface area contributed by atoms with Gasteiger partial charge in [0.1, 0.15) is 0 Å². The SMILES string of the molecule is [Li][CH]=CC=CC. The third-order valence-corrected chi connectivity index (χ3v) is 0.496. The predicted molar refractivity (Wildman–Crippen MR) is 29.7 cm³/mol. The summed E-state index contributed by atoms with van der Waals surface area (Å²) in [5.74, 6) is 0. The summed E-state index contributed by atoms with van der Waals surface area (Å²) in [6.07, 6.45) is 6.00. The van der Waals surface area contributed by atoms with E-state index < -0.39 is 0 Å². The first-order valence-electron chi connectivity index (χ1n) is 2.15. The fourth-order valence-electron chi connectivity index (χ4n) is 0.222. The van der Waals surface area contributed by atoms with Crippen molar-refractivity contribution in [3.8, 4) is 0 Å². The van der Waals surface area contributed by atoms with Gasteiger partial charge in [0.25, 0.3) is 0 Å². The van der Waals surface area contributed by atoms with Gasteiger partial charge in [0.05, 0.1) is 0 Å². The molecule has 6 heavy (non-hydrogen) atoms. The molecule has 0 aromatic heterocycles. The van der Waals surface area contributed by atoms with Crippen LogP contribution in [0.5, 0.6) is 0 Å². The summed E-state index contributed by atoms with van der Waals surface area (Å²) in [7, 11) is 0. The summed E-state index contributed by atoms with van der Waals surface area (Å²) in [6, 6.07) is 0. The van der Waals surface area contributed by atoms with Gasteiger partial charge in [-0.15, -0.1) is 0 Å². The van der Waals surface area contributed by atoms with Gasteiger partial charge in [0.15, 0.2) is 0 Å². The fraction of sp³-hybridized carbons (Fsp3) is 0.200. The second-order valence-corrected chi connectivity index (χ2v) is 1.05. The van der Waals surface area contributed by atoms with Crippen molar-refractivity contribution in [2.24, 2.45) is 0 Å². The molecule has 0 unspecified atom stereocenters. The van der Waals surface area contributed by atoms with E-state index in [0.717, 1.165) is 0 Å². The monoisotopic (exact) mass is 74.1 g/mol. The van der Waals surface area contributed by atoms with Crippen molar-refractivity contribution in [3.63, 3.8) is 0 Å². The molecular weight excluding hydrogens is 67.0 g/mol. The van der Waals surface area contributed by atoms with E-state index in [2.05, 4.69) is 0 Å². The zero-order chi connectivity index (χ0) is 4.83. The topological polar surface area (TPSA) is 0 Å². The molecule has 0 rings (SSSR count). The summed E-state index contributed by atoms with van der Waals surface area (Å²) in [6.45, 7) is 2.00. The minimum absolute atomic E-state index is 2.00. The molecule has 0 nitrogen and oxygen atoms in total. The van der Waals surface area contributed by atoms with Crippen LogP contribution in [0.3, 0.4) is 0 Å². The van der Waals surface area contributed by atoms with Crippen LogP contribution in [0.2, 0.25) is 0 Å². The van der Waals surface area contributed by atoms with Gasteiger partial charge in [-0.1, -0.05) is 0 Å². The predicted octanol–water partition coefficient (Wildman–Crippen LogP) is 1.24. The molecule has 0 amide bonds. The Morgan fingerprint density at radius 2 is 2.00 bits per heavy atom. The normalized spacial score (nSPS) is 11.8. The van der Waals surface area contributed by atoms with Crippen LogP contribution in [-0.2, 0) is 0 Å². The number of hydrogen-bond donors (Lipinski definition) is 0. The average molecular weight is 74.1 g/mol. The van der Waals surface area contributed by atoms with Crippen LogP contribution in [0, 0.1) is 0 Å². The van der Waals surface area contributed by atoms with Crippen LogP contribution in [0.15, 0.2) is 23.0 Å². The van der Waals surface area contributed by atoms with Crippen molar-refractivity contribution >= 4 is 17.7 Å². The fourth-order valence-corrected chi connectivity index (χ4v) is 0.222. The number of rotatable bonds is 1. The summed E-state index contributed by atoms with van der Waals surface area (Å²) in [4.78, 5) is 0. The van der Waals surface area contributed by atoms with Gasteiger partial charge >= 0.3 is 47.6 Å². The summed E-state index contributed by atoms with van der Waals surface area (Å²) >= 11 is 2.00. The molecule has 0 bridgehead atoms. The zero-order valence-corrected chi connectivity index (χ0v) is 4.31. The average Bonchev–Trinajstić information content (AvgIpc) is 1.61. The van der Waals surface area contributed by atoms with E-state index in [1.54, 1.807) is 0 Å². The molecule has 0 heterocycles. The summed E-state index contributed by atoms with van der Waals surface area (Å²) in [5.41, 5.74) is 0. The second-order valence-electron chi connectivity index (χ2n) is 1.05. The Morgan fingerprint density at radius 1 is 1.33 bits per heavy atom. The van der Waals surface area contributed by atoms with Gasteiger partial charge in [-0.3, -0.25) is 0 Å². The molecule has 0 saturated heterocycles. The Labute approximate surface area is 48.1 Å². The Kier molecular flexibility index (Phi) is 5.14. The van der Waals surface area contributed by atoms with Crippen LogP contribution < -0.4 is 0 Å². The van der Waals surface area contributed by atoms with Crippen LogP contribution >= 0.6 is 0 Å². The van der Waals surface area contributed by atoms with Gasteiger partial charge in [-0.25, -0.2) is 0 Å². The molecule has 0 aliphatic carbocycles. The van der Waals surface area contributed by atoms with E-state index in [4.69, 9.17) is 0 Å². The van der Waals surface area contributed by atoms with Crippen molar-refractivity contribution in [1.82, 2.24) is 0 Å². The number of allylic oxidation sites excluding steroid dienone is 3. The standard InChI is InChI=1S/C5H7.Li/c1-3-5-4-2;/h1,3-5H,2H3;.